The van der Waals surface area contributed by atoms with Gasteiger partial charge in [0.1, 0.15) is 10.4 Å². The smallest absolute Gasteiger partial charge is 0.256 e. The van der Waals surface area contributed by atoms with Gasteiger partial charge in [0.05, 0.1) is 17.8 Å². The van der Waals surface area contributed by atoms with Crippen LogP contribution in [-0.2, 0) is 6.54 Å². The first kappa shape index (κ1) is 13.7. The molecule has 5 nitrogen and oxygen atoms in total. The minimum Gasteiger partial charge on any atom is -0.361 e. The summed E-state index contributed by atoms with van der Waals surface area (Å²) in [6, 6.07) is 3.48. The average Bonchev–Trinajstić information content (AvgIpc) is 2.70. The van der Waals surface area contributed by atoms with Crippen molar-refractivity contribution < 1.29 is 9.32 Å². The Labute approximate surface area is 119 Å². The van der Waals surface area contributed by atoms with Crippen molar-refractivity contribution >= 4 is 21.8 Å². The van der Waals surface area contributed by atoms with E-state index in [0.29, 0.717) is 16.7 Å². The monoisotopic (exact) mass is 323 g/mol. The lowest BCUT2D eigenvalue weighted by atomic mass is 10.2. The second-order valence-electron chi connectivity index (χ2n) is 4.31. The number of rotatable bonds is 3. The standard InChI is InChI=1S/C13H14BrN3O2/c1-8-11(9(2)19-16-8)7-17(3)13(18)10-5-4-6-15-12(10)14/h4-6H,7H2,1-3H3. The number of halogens is 1. The molecule has 0 aromatic carbocycles. The lowest BCUT2D eigenvalue weighted by Gasteiger charge is -2.17. The van der Waals surface area contributed by atoms with E-state index in [2.05, 4.69) is 26.1 Å². The molecule has 0 radical (unpaired) electrons. The Bertz CT molecular complexity index is 590. The van der Waals surface area contributed by atoms with E-state index in [1.165, 1.54) is 0 Å². The zero-order chi connectivity index (χ0) is 14.0. The molecule has 0 aliphatic carbocycles. The molecule has 2 aromatic rings. The molecule has 6 heteroatoms. The second-order valence-corrected chi connectivity index (χ2v) is 5.06. The van der Waals surface area contributed by atoms with Gasteiger partial charge in [-0.2, -0.15) is 0 Å². The Balaban J connectivity index is 2.19. The first-order valence-corrected chi connectivity index (χ1v) is 6.57. The average molecular weight is 324 g/mol. The third-order valence-electron chi connectivity index (χ3n) is 2.91. The van der Waals surface area contributed by atoms with Crippen molar-refractivity contribution in [2.45, 2.75) is 20.4 Å². The maximum atomic E-state index is 12.3. The van der Waals surface area contributed by atoms with Crippen molar-refractivity contribution in [3.05, 3.63) is 45.5 Å². The van der Waals surface area contributed by atoms with Crippen molar-refractivity contribution in [2.24, 2.45) is 0 Å². The molecular weight excluding hydrogens is 310 g/mol. The molecule has 0 saturated carbocycles. The van der Waals surface area contributed by atoms with Crippen LogP contribution >= 0.6 is 15.9 Å². The summed E-state index contributed by atoms with van der Waals surface area (Å²) in [4.78, 5) is 18.0. The first-order valence-electron chi connectivity index (χ1n) is 5.78. The van der Waals surface area contributed by atoms with Gasteiger partial charge in [0, 0.05) is 18.8 Å². The van der Waals surface area contributed by atoms with E-state index in [1.54, 1.807) is 30.3 Å². The highest BCUT2D eigenvalue weighted by Gasteiger charge is 2.18. The van der Waals surface area contributed by atoms with Crippen molar-refractivity contribution in [2.75, 3.05) is 7.05 Å². The van der Waals surface area contributed by atoms with Crippen LogP contribution in [0.15, 0.2) is 27.5 Å². The Kier molecular flexibility index (Phi) is 3.99. The number of hydrogen-bond donors (Lipinski definition) is 0. The van der Waals surface area contributed by atoms with Crippen LogP contribution in [0.2, 0.25) is 0 Å². The number of aromatic nitrogens is 2. The van der Waals surface area contributed by atoms with Gasteiger partial charge in [-0.05, 0) is 41.9 Å². The molecular formula is C13H14BrN3O2. The third-order valence-corrected chi connectivity index (χ3v) is 3.54. The van der Waals surface area contributed by atoms with Gasteiger partial charge in [-0.3, -0.25) is 4.79 Å². The molecule has 19 heavy (non-hydrogen) atoms. The molecule has 1 amide bonds. The number of pyridine rings is 1. The maximum Gasteiger partial charge on any atom is 0.256 e. The summed E-state index contributed by atoms with van der Waals surface area (Å²) in [6.07, 6.45) is 1.63. The van der Waals surface area contributed by atoms with E-state index in [0.717, 1.165) is 17.0 Å². The molecule has 0 saturated heterocycles. The molecule has 0 bridgehead atoms. The lowest BCUT2D eigenvalue weighted by molar-refractivity contribution is 0.0783. The third kappa shape index (κ3) is 2.84. The highest BCUT2D eigenvalue weighted by molar-refractivity contribution is 9.10. The predicted molar refractivity (Wildman–Crippen MR) is 73.7 cm³/mol. The quantitative estimate of drug-likeness (QED) is 0.815. The highest BCUT2D eigenvalue weighted by Crippen LogP contribution is 2.18. The fraction of sp³-hybridized carbons (Fsp3) is 0.308. The van der Waals surface area contributed by atoms with Gasteiger partial charge >= 0.3 is 0 Å². The van der Waals surface area contributed by atoms with Crippen LogP contribution in [0.25, 0.3) is 0 Å². The number of nitrogens with zero attached hydrogens (tertiary/aromatic N) is 3. The van der Waals surface area contributed by atoms with E-state index < -0.39 is 0 Å². The Morgan fingerprint density at radius 1 is 1.47 bits per heavy atom. The summed E-state index contributed by atoms with van der Waals surface area (Å²) in [5, 5.41) is 3.88. The van der Waals surface area contributed by atoms with Crippen molar-refractivity contribution in [1.29, 1.82) is 0 Å². The summed E-state index contributed by atoms with van der Waals surface area (Å²) in [6.45, 7) is 4.17. The van der Waals surface area contributed by atoms with Gasteiger partial charge in [0.25, 0.3) is 5.91 Å². The summed E-state index contributed by atoms with van der Waals surface area (Å²) >= 11 is 3.28. The van der Waals surface area contributed by atoms with E-state index >= 15 is 0 Å². The van der Waals surface area contributed by atoms with Crippen LogP contribution < -0.4 is 0 Å². The van der Waals surface area contributed by atoms with Crippen LogP contribution in [0.4, 0.5) is 0 Å². The Morgan fingerprint density at radius 3 is 2.79 bits per heavy atom. The number of aryl methyl sites for hydroxylation is 2. The maximum absolute atomic E-state index is 12.3. The fourth-order valence-corrected chi connectivity index (χ4v) is 2.21. The molecule has 0 unspecified atom stereocenters. The molecule has 2 rings (SSSR count). The summed E-state index contributed by atoms with van der Waals surface area (Å²) in [5.41, 5.74) is 2.29. The fourth-order valence-electron chi connectivity index (χ4n) is 1.79. The molecule has 0 fully saturated rings. The van der Waals surface area contributed by atoms with Gasteiger partial charge in [-0.25, -0.2) is 4.98 Å². The second kappa shape index (κ2) is 5.52. The first-order chi connectivity index (χ1) is 9.00. The van der Waals surface area contributed by atoms with Crippen LogP contribution in [0, 0.1) is 13.8 Å². The number of carbonyl (C=O) groups excluding carboxylic acids is 1. The molecule has 0 aliphatic heterocycles. The minimum atomic E-state index is -0.0972. The van der Waals surface area contributed by atoms with E-state index in [1.807, 2.05) is 13.8 Å². The van der Waals surface area contributed by atoms with Crippen molar-refractivity contribution in [3.63, 3.8) is 0 Å². The van der Waals surface area contributed by atoms with Gasteiger partial charge < -0.3 is 9.42 Å². The van der Waals surface area contributed by atoms with Crippen molar-refractivity contribution in [3.8, 4) is 0 Å². The molecule has 2 heterocycles. The number of carbonyl (C=O) groups is 1. The SMILES string of the molecule is Cc1noc(C)c1CN(C)C(=O)c1cccnc1Br. The lowest BCUT2D eigenvalue weighted by Crippen LogP contribution is -2.27. The largest absolute Gasteiger partial charge is 0.361 e. The molecule has 100 valence electrons. The molecule has 0 atom stereocenters. The van der Waals surface area contributed by atoms with Crippen LogP contribution in [0.5, 0.6) is 0 Å². The molecule has 0 spiro atoms. The Hall–Kier alpha value is -1.69. The summed E-state index contributed by atoms with van der Waals surface area (Å²) in [5.74, 6) is 0.641. The van der Waals surface area contributed by atoms with Crippen molar-refractivity contribution in [1.82, 2.24) is 15.0 Å². The van der Waals surface area contributed by atoms with E-state index in [9.17, 15) is 4.79 Å². The summed E-state index contributed by atoms with van der Waals surface area (Å²) in [7, 11) is 1.74. The zero-order valence-electron chi connectivity index (χ0n) is 11.0. The van der Waals surface area contributed by atoms with Gasteiger partial charge in [-0.15, -0.1) is 0 Å². The molecule has 0 aliphatic rings. The summed E-state index contributed by atoms with van der Waals surface area (Å²) < 4.78 is 5.64. The number of hydrogen-bond acceptors (Lipinski definition) is 4. The van der Waals surface area contributed by atoms with Gasteiger partial charge in [0.2, 0.25) is 0 Å². The van der Waals surface area contributed by atoms with Crippen LogP contribution in [-0.4, -0.2) is 28.0 Å². The Morgan fingerprint density at radius 2 is 2.21 bits per heavy atom. The topological polar surface area (TPSA) is 59.2 Å². The van der Waals surface area contributed by atoms with Crippen LogP contribution in [0.3, 0.4) is 0 Å². The van der Waals surface area contributed by atoms with Crippen LogP contribution in [0.1, 0.15) is 27.4 Å². The van der Waals surface area contributed by atoms with Gasteiger partial charge in [-0.1, -0.05) is 5.16 Å². The van der Waals surface area contributed by atoms with E-state index in [-0.39, 0.29) is 5.91 Å². The normalized spacial score (nSPS) is 10.5. The molecule has 2 aromatic heterocycles. The molecule has 0 N–H and O–H groups in total. The predicted octanol–water partition coefficient (Wildman–Crippen LogP) is 2.72. The number of amides is 1. The minimum absolute atomic E-state index is 0.0972. The van der Waals surface area contributed by atoms with Gasteiger partial charge in [0.15, 0.2) is 0 Å². The zero-order valence-corrected chi connectivity index (χ0v) is 12.6. The van der Waals surface area contributed by atoms with E-state index in [4.69, 9.17) is 4.52 Å². The highest BCUT2D eigenvalue weighted by atomic mass is 79.9.